The van der Waals surface area contributed by atoms with Crippen LogP contribution >= 0.6 is 0 Å². The Morgan fingerprint density at radius 1 is 1.03 bits per heavy atom. The highest BCUT2D eigenvalue weighted by Gasteiger charge is 2.51. The van der Waals surface area contributed by atoms with Crippen molar-refractivity contribution in [2.75, 3.05) is 19.8 Å². The lowest BCUT2D eigenvalue weighted by molar-refractivity contribution is -0.135. The van der Waals surface area contributed by atoms with Crippen molar-refractivity contribution in [3.8, 4) is 11.5 Å². The van der Waals surface area contributed by atoms with Gasteiger partial charge in [-0.1, -0.05) is 32.8 Å². The van der Waals surface area contributed by atoms with Crippen molar-refractivity contribution >= 4 is 11.7 Å². The molecule has 0 bridgehead atoms. The molecule has 3 aliphatic rings. The van der Waals surface area contributed by atoms with Gasteiger partial charge in [0.1, 0.15) is 6.10 Å². The zero-order chi connectivity index (χ0) is 22.7. The molecule has 0 aromatic heterocycles. The van der Waals surface area contributed by atoms with Crippen LogP contribution in [0.25, 0.3) is 0 Å². The Balaban J connectivity index is 1.72. The topological polar surface area (TPSA) is 65.1 Å². The molecule has 174 valence electrons. The number of rotatable bonds is 9. The average Bonchev–Trinajstić information content (AvgIpc) is 3.07. The van der Waals surface area contributed by atoms with Gasteiger partial charge in [-0.3, -0.25) is 9.59 Å². The summed E-state index contributed by atoms with van der Waals surface area (Å²) in [5, 5.41) is 0. The van der Waals surface area contributed by atoms with Crippen molar-refractivity contribution in [3.05, 3.63) is 35.1 Å². The van der Waals surface area contributed by atoms with Gasteiger partial charge in [-0.15, -0.1) is 0 Å². The van der Waals surface area contributed by atoms with Crippen LogP contribution in [-0.2, 0) is 14.3 Å². The van der Waals surface area contributed by atoms with Gasteiger partial charge in [0.15, 0.2) is 23.0 Å². The van der Waals surface area contributed by atoms with Gasteiger partial charge >= 0.3 is 0 Å². The van der Waals surface area contributed by atoms with Gasteiger partial charge in [0.05, 0.1) is 30.7 Å². The van der Waals surface area contributed by atoms with Gasteiger partial charge in [-0.05, 0) is 56.7 Å². The van der Waals surface area contributed by atoms with Gasteiger partial charge in [0, 0.05) is 6.54 Å². The Morgan fingerprint density at radius 3 is 2.59 bits per heavy atom. The third-order valence-corrected chi connectivity index (χ3v) is 6.66. The maximum absolute atomic E-state index is 13.6. The van der Waals surface area contributed by atoms with Crippen molar-refractivity contribution in [1.29, 1.82) is 0 Å². The summed E-state index contributed by atoms with van der Waals surface area (Å²) in [6, 6.07) is 5.36. The number of nitrogens with zero attached hydrogens (tertiary/aromatic N) is 1. The standard InChI is InChI=1S/C26H35NO5/c1-4-7-15-31-20-13-12-17(16-21(20)30-6-3)23-22-24(28)18-10-8-9-11-19(18)32-25(22)26(29)27(23)14-5-2/h12-13,16,18-19,23H,4-11,14-15H2,1-3H3. The molecule has 6 nitrogen and oxygen atoms in total. The van der Waals surface area contributed by atoms with Crippen LogP contribution in [0.4, 0.5) is 0 Å². The number of Topliss-reactive ketones (excluding diaryl/α,β-unsaturated/α-hetero) is 1. The van der Waals surface area contributed by atoms with Gasteiger partial charge in [0.2, 0.25) is 0 Å². The SMILES string of the molecule is CCCCOc1ccc(C2C3=C(OC4CCCCC4C3=O)C(=O)N2CCC)cc1OCC. The van der Waals surface area contributed by atoms with E-state index in [4.69, 9.17) is 14.2 Å². The Bertz CT molecular complexity index is 892. The largest absolute Gasteiger partial charge is 0.490 e. The lowest BCUT2D eigenvalue weighted by Crippen LogP contribution is -2.39. The summed E-state index contributed by atoms with van der Waals surface area (Å²) in [6.07, 6.45) is 6.44. The van der Waals surface area contributed by atoms with Gasteiger partial charge in [-0.2, -0.15) is 0 Å². The second kappa shape index (κ2) is 9.97. The molecule has 0 spiro atoms. The fraction of sp³-hybridized carbons (Fsp3) is 0.615. The number of ketones is 1. The first-order chi connectivity index (χ1) is 15.6. The summed E-state index contributed by atoms with van der Waals surface area (Å²) in [6.45, 7) is 7.82. The third-order valence-electron chi connectivity index (χ3n) is 6.66. The van der Waals surface area contributed by atoms with E-state index in [1.165, 1.54) is 0 Å². The van der Waals surface area contributed by atoms with E-state index in [1.54, 1.807) is 4.90 Å². The van der Waals surface area contributed by atoms with E-state index < -0.39 is 6.04 Å². The van der Waals surface area contributed by atoms with E-state index in [0.717, 1.165) is 50.5 Å². The summed E-state index contributed by atoms with van der Waals surface area (Å²) in [5.41, 5.74) is 1.41. The summed E-state index contributed by atoms with van der Waals surface area (Å²) in [7, 11) is 0. The van der Waals surface area contributed by atoms with E-state index in [0.29, 0.717) is 36.8 Å². The van der Waals surface area contributed by atoms with E-state index >= 15 is 0 Å². The second-order valence-corrected chi connectivity index (χ2v) is 8.90. The van der Waals surface area contributed by atoms with Crippen LogP contribution in [0.15, 0.2) is 29.5 Å². The molecule has 4 rings (SSSR count). The first-order valence-electron chi connectivity index (χ1n) is 12.3. The molecule has 3 atom stereocenters. The number of fused-ring (bicyclic) bond motifs is 1. The first-order valence-corrected chi connectivity index (χ1v) is 12.3. The molecular weight excluding hydrogens is 406 g/mol. The number of unbranched alkanes of at least 4 members (excludes halogenated alkanes) is 1. The quantitative estimate of drug-likeness (QED) is 0.506. The molecule has 1 amide bonds. The van der Waals surface area contributed by atoms with E-state index in [-0.39, 0.29) is 29.5 Å². The lowest BCUT2D eigenvalue weighted by atomic mass is 9.77. The van der Waals surface area contributed by atoms with Crippen molar-refractivity contribution in [2.24, 2.45) is 5.92 Å². The van der Waals surface area contributed by atoms with Crippen molar-refractivity contribution in [3.63, 3.8) is 0 Å². The molecular formula is C26H35NO5. The molecule has 3 unspecified atom stereocenters. The molecule has 1 aliphatic carbocycles. The summed E-state index contributed by atoms with van der Waals surface area (Å²) in [4.78, 5) is 28.7. The number of ether oxygens (including phenoxy) is 3. The summed E-state index contributed by atoms with van der Waals surface area (Å²) < 4.78 is 18.0. The van der Waals surface area contributed by atoms with Crippen molar-refractivity contribution in [2.45, 2.75) is 77.9 Å². The number of amides is 1. The van der Waals surface area contributed by atoms with E-state index in [9.17, 15) is 9.59 Å². The predicted molar refractivity (Wildman–Crippen MR) is 122 cm³/mol. The normalized spacial score (nSPS) is 24.8. The zero-order valence-electron chi connectivity index (χ0n) is 19.5. The third kappa shape index (κ3) is 4.12. The zero-order valence-corrected chi connectivity index (χ0v) is 19.5. The molecule has 1 saturated carbocycles. The summed E-state index contributed by atoms with van der Waals surface area (Å²) >= 11 is 0. The Hall–Kier alpha value is -2.50. The molecule has 32 heavy (non-hydrogen) atoms. The highest BCUT2D eigenvalue weighted by atomic mass is 16.5. The molecule has 6 heteroatoms. The Labute approximate surface area is 190 Å². The molecule has 1 aromatic carbocycles. The Kier molecular flexibility index (Phi) is 7.07. The fourth-order valence-electron chi connectivity index (χ4n) is 5.12. The highest BCUT2D eigenvalue weighted by Crippen LogP contribution is 2.47. The van der Waals surface area contributed by atoms with Gasteiger partial charge in [0.25, 0.3) is 5.91 Å². The average molecular weight is 442 g/mol. The number of hydrogen-bond donors (Lipinski definition) is 0. The van der Waals surface area contributed by atoms with Gasteiger partial charge < -0.3 is 19.1 Å². The monoisotopic (exact) mass is 441 g/mol. The fourth-order valence-corrected chi connectivity index (χ4v) is 5.12. The van der Waals surface area contributed by atoms with Crippen LogP contribution in [-0.4, -0.2) is 42.5 Å². The molecule has 1 fully saturated rings. The number of carbonyl (C=O) groups excluding carboxylic acids is 2. The van der Waals surface area contributed by atoms with Crippen molar-refractivity contribution < 1.29 is 23.8 Å². The van der Waals surface area contributed by atoms with Gasteiger partial charge in [-0.25, -0.2) is 0 Å². The minimum atomic E-state index is -0.434. The first kappa shape index (κ1) is 22.7. The van der Waals surface area contributed by atoms with Crippen LogP contribution in [0.5, 0.6) is 11.5 Å². The van der Waals surface area contributed by atoms with Crippen LogP contribution in [0.2, 0.25) is 0 Å². The number of hydrogen-bond acceptors (Lipinski definition) is 5. The minimum Gasteiger partial charge on any atom is -0.490 e. The van der Waals surface area contributed by atoms with Crippen LogP contribution in [0.3, 0.4) is 0 Å². The lowest BCUT2D eigenvalue weighted by Gasteiger charge is -2.35. The van der Waals surface area contributed by atoms with Crippen molar-refractivity contribution in [1.82, 2.24) is 4.90 Å². The van der Waals surface area contributed by atoms with E-state index in [1.807, 2.05) is 32.0 Å². The Morgan fingerprint density at radius 2 is 1.84 bits per heavy atom. The maximum atomic E-state index is 13.6. The second-order valence-electron chi connectivity index (χ2n) is 8.90. The molecule has 2 aliphatic heterocycles. The van der Waals surface area contributed by atoms with Crippen LogP contribution in [0, 0.1) is 5.92 Å². The molecule has 0 N–H and O–H groups in total. The highest BCUT2D eigenvalue weighted by molar-refractivity contribution is 6.11. The smallest absolute Gasteiger partial charge is 0.290 e. The van der Waals surface area contributed by atoms with Crippen LogP contribution in [0.1, 0.15) is 77.3 Å². The number of carbonyl (C=O) groups is 2. The molecule has 2 heterocycles. The minimum absolute atomic E-state index is 0.0918. The molecule has 1 aromatic rings. The molecule has 0 radical (unpaired) electrons. The number of benzene rings is 1. The van der Waals surface area contributed by atoms with Crippen LogP contribution < -0.4 is 9.47 Å². The summed E-state index contributed by atoms with van der Waals surface area (Å²) in [5.74, 6) is 1.42. The molecule has 0 saturated heterocycles. The van der Waals surface area contributed by atoms with E-state index in [2.05, 4.69) is 6.92 Å². The predicted octanol–water partition coefficient (Wildman–Crippen LogP) is 4.97. The maximum Gasteiger partial charge on any atom is 0.290 e.